The third-order valence-electron chi connectivity index (χ3n) is 3.92. The fourth-order valence-corrected chi connectivity index (χ4v) is 2.63. The summed E-state index contributed by atoms with van der Waals surface area (Å²) < 4.78 is 19.1. The number of hydrogen-bond donors (Lipinski definition) is 2. The van der Waals surface area contributed by atoms with Gasteiger partial charge in [0.1, 0.15) is 11.4 Å². The number of rotatable bonds is 5. The Morgan fingerprint density at radius 2 is 2.08 bits per heavy atom. The predicted molar refractivity (Wildman–Crippen MR) is 89.0 cm³/mol. The van der Waals surface area contributed by atoms with Gasteiger partial charge in [-0.05, 0) is 24.6 Å². The summed E-state index contributed by atoms with van der Waals surface area (Å²) in [6, 6.07) is 11.8. The Morgan fingerprint density at radius 3 is 2.88 bits per heavy atom. The first-order valence-electron chi connectivity index (χ1n) is 7.70. The summed E-state index contributed by atoms with van der Waals surface area (Å²) in [5.41, 5.74) is 2.77. The van der Waals surface area contributed by atoms with E-state index in [1.165, 1.54) is 12.1 Å². The number of amides is 1. The van der Waals surface area contributed by atoms with Crippen LogP contribution in [0.4, 0.5) is 4.39 Å². The van der Waals surface area contributed by atoms with Gasteiger partial charge in [0.15, 0.2) is 0 Å². The number of hydrogen-bond acceptors (Lipinski definition) is 3. The third-order valence-corrected chi connectivity index (χ3v) is 3.92. The van der Waals surface area contributed by atoms with E-state index in [9.17, 15) is 14.3 Å². The molecule has 0 saturated carbocycles. The Hall–Kier alpha value is -2.66. The molecule has 124 valence electrons. The highest BCUT2D eigenvalue weighted by Gasteiger charge is 2.15. The highest BCUT2D eigenvalue weighted by Crippen LogP contribution is 2.22. The quantitative estimate of drug-likeness (QED) is 0.756. The minimum atomic E-state index is -1.08. The van der Waals surface area contributed by atoms with Crippen molar-refractivity contribution in [2.24, 2.45) is 0 Å². The molecule has 3 rings (SSSR count). The van der Waals surface area contributed by atoms with Crippen molar-refractivity contribution in [3.8, 4) is 0 Å². The van der Waals surface area contributed by atoms with Crippen molar-refractivity contribution in [1.82, 2.24) is 5.32 Å². The lowest BCUT2D eigenvalue weighted by atomic mass is 10.1. The van der Waals surface area contributed by atoms with Crippen molar-refractivity contribution in [3.05, 3.63) is 71.2 Å². The van der Waals surface area contributed by atoms with Crippen LogP contribution in [0.15, 0.2) is 53.1 Å². The van der Waals surface area contributed by atoms with Crippen LogP contribution in [0.3, 0.4) is 0 Å². The molecule has 1 heterocycles. The molecule has 1 atom stereocenters. The van der Waals surface area contributed by atoms with E-state index in [0.29, 0.717) is 0 Å². The van der Waals surface area contributed by atoms with Crippen molar-refractivity contribution in [2.45, 2.75) is 19.4 Å². The first-order valence-corrected chi connectivity index (χ1v) is 7.70. The first-order chi connectivity index (χ1) is 11.5. The molecule has 0 spiro atoms. The number of benzene rings is 2. The minimum absolute atomic E-state index is 0.0470. The predicted octanol–water partition coefficient (Wildman–Crippen LogP) is 3.27. The second kappa shape index (κ2) is 6.84. The van der Waals surface area contributed by atoms with Crippen LogP contribution >= 0.6 is 0 Å². The molecule has 1 amide bonds. The van der Waals surface area contributed by atoms with Gasteiger partial charge in [0.2, 0.25) is 5.91 Å². The molecular weight excluding hydrogens is 309 g/mol. The van der Waals surface area contributed by atoms with E-state index in [1.807, 2.05) is 25.1 Å². The lowest BCUT2D eigenvalue weighted by molar-refractivity contribution is -0.120. The normalized spacial score (nSPS) is 12.3. The Labute approximate surface area is 138 Å². The first kappa shape index (κ1) is 16.2. The average Bonchev–Trinajstić information content (AvgIpc) is 2.95. The van der Waals surface area contributed by atoms with Gasteiger partial charge in [-0.15, -0.1) is 0 Å². The molecule has 1 aromatic heterocycles. The zero-order valence-electron chi connectivity index (χ0n) is 13.3. The van der Waals surface area contributed by atoms with Gasteiger partial charge in [-0.3, -0.25) is 4.79 Å². The number of carbonyl (C=O) groups excluding carboxylic acids is 1. The highest BCUT2D eigenvalue weighted by atomic mass is 19.1. The average molecular weight is 327 g/mol. The molecule has 2 aromatic carbocycles. The van der Waals surface area contributed by atoms with Crippen LogP contribution in [0, 0.1) is 12.7 Å². The molecule has 3 aromatic rings. The second-order valence-electron chi connectivity index (χ2n) is 5.78. The highest BCUT2D eigenvalue weighted by molar-refractivity contribution is 5.87. The van der Waals surface area contributed by atoms with Crippen molar-refractivity contribution < 1.29 is 18.7 Å². The van der Waals surface area contributed by atoms with Gasteiger partial charge in [-0.1, -0.05) is 30.3 Å². The summed E-state index contributed by atoms with van der Waals surface area (Å²) in [5, 5.41) is 13.5. The van der Waals surface area contributed by atoms with Gasteiger partial charge >= 0.3 is 0 Å². The van der Waals surface area contributed by atoms with E-state index in [2.05, 4.69) is 5.32 Å². The number of fused-ring (bicyclic) bond motifs is 1. The molecule has 4 nitrogen and oxygen atoms in total. The molecule has 24 heavy (non-hydrogen) atoms. The monoisotopic (exact) mass is 327 g/mol. The van der Waals surface area contributed by atoms with Crippen molar-refractivity contribution in [1.29, 1.82) is 0 Å². The third kappa shape index (κ3) is 3.46. The smallest absolute Gasteiger partial charge is 0.224 e. The van der Waals surface area contributed by atoms with Gasteiger partial charge in [0.05, 0.1) is 18.8 Å². The summed E-state index contributed by atoms with van der Waals surface area (Å²) in [5.74, 6) is -0.746. The lowest BCUT2D eigenvalue weighted by Gasteiger charge is -2.12. The van der Waals surface area contributed by atoms with Gasteiger partial charge in [0.25, 0.3) is 0 Å². The Morgan fingerprint density at radius 1 is 1.29 bits per heavy atom. The minimum Gasteiger partial charge on any atom is -0.464 e. The van der Waals surface area contributed by atoms with Crippen LogP contribution in [0.25, 0.3) is 11.0 Å². The molecule has 0 bridgehead atoms. The van der Waals surface area contributed by atoms with E-state index >= 15 is 0 Å². The molecular formula is C19H18FNO3. The Kier molecular flexibility index (Phi) is 4.62. The van der Waals surface area contributed by atoms with Crippen LogP contribution in [0.2, 0.25) is 0 Å². The van der Waals surface area contributed by atoms with Crippen molar-refractivity contribution >= 4 is 16.9 Å². The molecule has 2 N–H and O–H groups in total. The van der Waals surface area contributed by atoms with Crippen LogP contribution in [0.1, 0.15) is 22.8 Å². The van der Waals surface area contributed by atoms with Gasteiger partial charge < -0.3 is 14.8 Å². The van der Waals surface area contributed by atoms with Gasteiger partial charge in [-0.2, -0.15) is 0 Å². The SMILES string of the molecule is Cc1ccc2c(CC(=O)NCC(O)c3ccccc3F)coc2c1. The van der Waals surface area contributed by atoms with Crippen molar-refractivity contribution in [2.75, 3.05) is 6.54 Å². The van der Waals surface area contributed by atoms with E-state index in [0.717, 1.165) is 22.1 Å². The van der Waals surface area contributed by atoms with Gasteiger partial charge in [0, 0.05) is 23.1 Å². The van der Waals surface area contributed by atoms with Crippen LogP contribution < -0.4 is 5.32 Å². The van der Waals surface area contributed by atoms with Crippen molar-refractivity contribution in [3.63, 3.8) is 0 Å². The number of aliphatic hydroxyl groups excluding tert-OH is 1. The molecule has 0 saturated heterocycles. The van der Waals surface area contributed by atoms with Crippen LogP contribution in [-0.2, 0) is 11.2 Å². The van der Waals surface area contributed by atoms with E-state index < -0.39 is 11.9 Å². The van der Waals surface area contributed by atoms with E-state index in [-0.39, 0.29) is 24.4 Å². The summed E-state index contributed by atoms with van der Waals surface area (Å²) in [7, 11) is 0. The lowest BCUT2D eigenvalue weighted by Crippen LogP contribution is -2.29. The standard InChI is InChI=1S/C19H18FNO3/c1-12-6-7-14-13(11-24-18(14)8-12)9-19(23)21-10-17(22)15-4-2-3-5-16(15)20/h2-8,11,17,22H,9-10H2,1H3,(H,21,23). The van der Waals surface area contributed by atoms with Crippen LogP contribution in [-0.4, -0.2) is 17.6 Å². The zero-order valence-corrected chi connectivity index (χ0v) is 13.3. The number of carbonyl (C=O) groups is 1. The number of furan rings is 1. The van der Waals surface area contributed by atoms with Gasteiger partial charge in [-0.25, -0.2) is 4.39 Å². The Balaban J connectivity index is 1.62. The number of aryl methyl sites for hydroxylation is 1. The maximum absolute atomic E-state index is 13.6. The Bertz CT molecular complexity index is 872. The molecule has 5 heteroatoms. The molecule has 0 aliphatic rings. The number of nitrogens with one attached hydrogen (secondary N) is 1. The zero-order chi connectivity index (χ0) is 17.1. The summed E-state index contributed by atoms with van der Waals surface area (Å²) in [6.07, 6.45) is 0.621. The van der Waals surface area contributed by atoms with Crippen LogP contribution in [0.5, 0.6) is 0 Å². The summed E-state index contributed by atoms with van der Waals surface area (Å²) in [6.45, 7) is 1.92. The second-order valence-corrected chi connectivity index (χ2v) is 5.78. The molecule has 0 aliphatic carbocycles. The van der Waals surface area contributed by atoms with E-state index in [4.69, 9.17) is 4.42 Å². The number of halogens is 1. The summed E-state index contributed by atoms with van der Waals surface area (Å²) >= 11 is 0. The molecule has 1 unspecified atom stereocenters. The molecule has 0 radical (unpaired) electrons. The number of aliphatic hydroxyl groups is 1. The maximum atomic E-state index is 13.6. The summed E-state index contributed by atoms with van der Waals surface area (Å²) in [4.78, 5) is 12.1. The maximum Gasteiger partial charge on any atom is 0.224 e. The topological polar surface area (TPSA) is 62.5 Å². The molecule has 0 aliphatic heterocycles. The largest absolute Gasteiger partial charge is 0.464 e. The fraction of sp³-hybridized carbons (Fsp3) is 0.211. The fourth-order valence-electron chi connectivity index (χ4n) is 2.63. The van der Waals surface area contributed by atoms with E-state index in [1.54, 1.807) is 18.4 Å². The molecule has 0 fully saturated rings.